The van der Waals surface area contributed by atoms with Gasteiger partial charge in [0, 0.05) is 30.7 Å². The Hall–Kier alpha value is -2.64. The minimum absolute atomic E-state index is 0.217. The number of nitrogens with zero attached hydrogens (tertiary/aromatic N) is 4. The summed E-state index contributed by atoms with van der Waals surface area (Å²) in [6.45, 7) is 2.22. The number of pyridine rings is 2. The summed E-state index contributed by atoms with van der Waals surface area (Å²) in [7, 11) is 0. The molecule has 2 aromatic heterocycles. The van der Waals surface area contributed by atoms with E-state index in [4.69, 9.17) is 0 Å². The van der Waals surface area contributed by atoms with E-state index < -0.39 is 11.9 Å². The van der Waals surface area contributed by atoms with Crippen LogP contribution in [0.15, 0.2) is 30.6 Å². The molecule has 1 saturated carbocycles. The van der Waals surface area contributed by atoms with Crippen LogP contribution >= 0.6 is 0 Å². The van der Waals surface area contributed by atoms with Crippen LogP contribution < -0.4 is 9.80 Å². The highest BCUT2D eigenvalue weighted by Crippen LogP contribution is 2.44. The van der Waals surface area contributed by atoms with E-state index in [9.17, 15) is 18.0 Å². The molecular weight excluding hydrogens is 345 g/mol. The fraction of sp³-hybridized carbons (Fsp3) is 0.389. The van der Waals surface area contributed by atoms with Gasteiger partial charge in [-0.2, -0.15) is 13.2 Å². The third kappa shape index (κ3) is 3.00. The molecule has 0 N–H and O–H groups in total. The normalized spacial score (nSPS) is 17.9. The topological polar surface area (TPSA) is 49.3 Å². The molecule has 0 unspecified atom stereocenters. The zero-order valence-corrected chi connectivity index (χ0v) is 14.1. The highest BCUT2D eigenvalue weighted by Gasteiger charge is 2.37. The summed E-state index contributed by atoms with van der Waals surface area (Å²) in [6.07, 6.45) is 0.986. The number of hydrogen-bond donors (Lipinski definition) is 0. The molecule has 0 bridgehead atoms. The number of anilines is 2. The number of urea groups is 1. The van der Waals surface area contributed by atoms with Crippen LogP contribution in [-0.2, 0) is 6.18 Å². The van der Waals surface area contributed by atoms with Crippen molar-refractivity contribution in [2.24, 2.45) is 0 Å². The summed E-state index contributed by atoms with van der Waals surface area (Å²) < 4.78 is 39.1. The fourth-order valence-corrected chi connectivity index (χ4v) is 3.31. The molecule has 3 heterocycles. The average Bonchev–Trinajstić information content (AvgIpc) is 3.36. The summed E-state index contributed by atoms with van der Waals surface area (Å²) in [5, 5.41) is 0. The van der Waals surface area contributed by atoms with Gasteiger partial charge in [0.15, 0.2) is 0 Å². The predicted molar refractivity (Wildman–Crippen MR) is 90.3 cm³/mol. The van der Waals surface area contributed by atoms with Crippen molar-refractivity contribution in [1.82, 2.24) is 9.97 Å². The van der Waals surface area contributed by atoms with Gasteiger partial charge in [-0.3, -0.25) is 14.8 Å². The Morgan fingerprint density at radius 3 is 2.58 bits per heavy atom. The van der Waals surface area contributed by atoms with Crippen LogP contribution in [0.2, 0.25) is 0 Å². The molecule has 2 aromatic rings. The molecule has 4 rings (SSSR count). The van der Waals surface area contributed by atoms with Crippen LogP contribution in [0.25, 0.3) is 0 Å². The van der Waals surface area contributed by atoms with Crippen molar-refractivity contribution in [3.63, 3.8) is 0 Å². The average molecular weight is 362 g/mol. The number of hydrogen-bond acceptors (Lipinski definition) is 3. The Labute approximate surface area is 148 Å². The molecule has 5 nitrogen and oxygen atoms in total. The van der Waals surface area contributed by atoms with Gasteiger partial charge in [0.1, 0.15) is 5.69 Å². The molecule has 26 heavy (non-hydrogen) atoms. The Bertz CT molecular complexity index is 864. The number of carbonyl (C=O) groups excluding carboxylic acids is 1. The van der Waals surface area contributed by atoms with Crippen molar-refractivity contribution < 1.29 is 18.0 Å². The number of alkyl halides is 3. The summed E-state index contributed by atoms with van der Waals surface area (Å²) in [6, 6.07) is 4.02. The monoisotopic (exact) mass is 362 g/mol. The number of amides is 2. The smallest absolute Gasteiger partial charge is 0.292 e. The van der Waals surface area contributed by atoms with Gasteiger partial charge in [0.05, 0.1) is 11.9 Å². The first kappa shape index (κ1) is 16.8. The molecule has 0 radical (unpaired) electrons. The molecule has 0 atom stereocenters. The second-order valence-corrected chi connectivity index (χ2v) is 6.64. The second-order valence-electron chi connectivity index (χ2n) is 6.64. The standard InChI is InChI=1S/C18H17F3N4O/c1-11-8-13(9-16(23-11)18(19,20)21)24-6-7-25(17(24)26)15-10-22-5-4-14(15)12-2-3-12/h4-5,8-10,12H,2-3,6-7H2,1H3. The van der Waals surface area contributed by atoms with Gasteiger partial charge in [-0.05, 0) is 49.4 Å². The summed E-state index contributed by atoms with van der Waals surface area (Å²) in [5.74, 6) is 0.440. The van der Waals surface area contributed by atoms with E-state index >= 15 is 0 Å². The van der Waals surface area contributed by atoms with Crippen LogP contribution in [0.3, 0.4) is 0 Å². The van der Waals surface area contributed by atoms with Crippen LogP contribution in [0.1, 0.15) is 35.7 Å². The van der Waals surface area contributed by atoms with Gasteiger partial charge in [0.25, 0.3) is 0 Å². The number of aryl methyl sites for hydroxylation is 1. The van der Waals surface area contributed by atoms with Crippen molar-refractivity contribution in [1.29, 1.82) is 0 Å². The molecule has 1 saturated heterocycles. The lowest BCUT2D eigenvalue weighted by atomic mass is 10.1. The zero-order valence-electron chi connectivity index (χ0n) is 14.1. The molecule has 8 heteroatoms. The number of carbonyl (C=O) groups is 1. The summed E-state index contributed by atoms with van der Waals surface area (Å²) in [5.41, 5.74) is 1.29. The van der Waals surface area contributed by atoms with E-state index in [-0.39, 0.29) is 17.4 Å². The Morgan fingerprint density at radius 1 is 1.15 bits per heavy atom. The SMILES string of the molecule is Cc1cc(N2CCN(c3cnccc3C3CC3)C2=O)cc(C(F)(F)F)n1. The fourth-order valence-electron chi connectivity index (χ4n) is 3.31. The maximum Gasteiger partial charge on any atom is 0.433 e. The van der Waals surface area contributed by atoms with Crippen molar-refractivity contribution in [3.05, 3.63) is 47.5 Å². The molecular formula is C18H17F3N4O. The van der Waals surface area contributed by atoms with Crippen LogP contribution in [0.5, 0.6) is 0 Å². The first-order valence-electron chi connectivity index (χ1n) is 8.43. The van der Waals surface area contributed by atoms with Crippen LogP contribution in [0, 0.1) is 6.92 Å². The molecule has 0 aromatic carbocycles. The van der Waals surface area contributed by atoms with Gasteiger partial charge in [-0.15, -0.1) is 0 Å². The first-order chi connectivity index (χ1) is 12.3. The minimum atomic E-state index is -4.55. The molecule has 136 valence electrons. The van der Waals surface area contributed by atoms with Gasteiger partial charge in [0.2, 0.25) is 0 Å². The highest BCUT2D eigenvalue weighted by molar-refractivity contribution is 6.06. The number of rotatable bonds is 3. The second kappa shape index (κ2) is 5.96. The van der Waals surface area contributed by atoms with Gasteiger partial charge >= 0.3 is 12.2 Å². The maximum absolute atomic E-state index is 13.0. The zero-order chi connectivity index (χ0) is 18.5. The lowest BCUT2D eigenvalue weighted by molar-refractivity contribution is -0.141. The van der Waals surface area contributed by atoms with Crippen molar-refractivity contribution in [2.75, 3.05) is 22.9 Å². The van der Waals surface area contributed by atoms with E-state index in [2.05, 4.69) is 9.97 Å². The lowest BCUT2D eigenvalue weighted by Gasteiger charge is -2.21. The van der Waals surface area contributed by atoms with E-state index in [0.717, 1.165) is 30.2 Å². The minimum Gasteiger partial charge on any atom is -0.292 e. The molecule has 1 aliphatic heterocycles. The van der Waals surface area contributed by atoms with Crippen LogP contribution in [0.4, 0.5) is 29.3 Å². The summed E-state index contributed by atoms with van der Waals surface area (Å²) in [4.78, 5) is 23.5. The van der Waals surface area contributed by atoms with E-state index in [1.165, 1.54) is 17.9 Å². The highest BCUT2D eigenvalue weighted by atomic mass is 19.4. The quantitative estimate of drug-likeness (QED) is 0.825. The van der Waals surface area contributed by atoms with E-state index in [1.807, 2.05) is 6.07 Å². The number of aromatic nitrogens is 2. The van der Waals surface area contributed by atoms with Crippen molar-refractivity contribution >= 4 is 17.4 Å². The Morgan fingerprint density at radius 2 is 1.88 bits per heavy atom. The van der Waals surface area contributed by atoms with Crippen molar-refractivity contribution in [3.8, 4) is 0 Å². The Balaban J connectivity index is 1.66. The first-order valence-corrected chi connectivity index (χ1v) is 8.43. The molecule has 2 fully saturated rings. The summed E-state index contributed by atoms with van der Waals surface area (Å²) >= 11 is 0. The predicted octanol–water partition coefficient (Wildman–Crippen LogP) is 4.13. The molecule has 2 amide bonds. The molecule has 0 spiro atoms. The van der Waals surface area contributed by atoms with Gasteiger partial charge in [-0.1, -0.05) is 0 Å². The number of halogens is 3. The van der Waals surface area contributed by atoms with Gasteiger partial charge in [-0.25, -0.2) is 9.78 Å². The van der Waals surface area contributed by atoms with Gasteiger partial charge < -0.3 is 0 Å². The van der Waals surface area contributed by atoms with Crippen molar-refractivity contribution in [2.45, 2.75) is 31.9 Å². The van der Waals surface area contributed by atoms with E-state index in [1.54, 1.807) is 17.3 Å². The third-order valence-electron chi connectivity index (χ3n) is 4.69. The third-order valence-corrected chi connectivity index (χ3v) is 4.69. The lowest BCUT2D eigenvalue weighted by Crippen LogP contribution is -2.32. The molecule has 2 aliphatic rings. The van der Waals surface area contributed by atoms with E-state index in [0.29, 0.717) is 19.0 Å². The maximum atomic E-state index is 13.0. The molecule has 1 aliphatic carbocycles. The Kier molecular flexibility index (Phi) is 3.86. The largest absolute Gasteiger partial charge is 0.433 e. The van der Waals surface area contributed by atoms with Crippen LogP contribution in [-0.4, -0.2) is 29.1 Å².